The summed E-state index contributed by atoms with van der Waals surface area (Å²) in [6.07, 6.45) is 2.11. The first-order valence-electron chi connectivity index (χ1n) is 15.5. The Bertz CT molecular complexity index is 1150. The first-order valence-corrected chi connectivity index (χ1v) is 16.5. The molecule has 48 heavy (non-hydrogen) atoms. The van der Waals surface area contributed by atoms with Gasteiger partial charge in [0.15, 0.2) is 0 Å². The van der Waals surface area contributed by atoms with E-state index < -0.39 is 72.9 Å². The number of primary amides is 1. The van der Waals surface area contributed by atoms with Crippen molar-refractivity contribution in [2.75, 3.05) is 52.8 Å². The van der Waals surface area contributed by atoms with Gasteiger partial charge in [-0.2, -0.15) is 0 Å². The molecule has 0 aromatic carbocycles. The highest BCUT2D eigenvalue weighted by molar-refractivity contribution is 8.00. The number of thioether (sulfide) groups is 1. The Hall–Kier alpha value is -3.85. The van der Waals surface area contributed by atoms with Crippen molar-refractivity contribution in [3.05, 3.63) is 0 Å². The smallest absolute Gasteiger partial charge is 0.245 e. The molecule has 1 heterocycles. The molecule has 0 aliphatic carbocycles. The molecule has 272 valence electrons. The van der Waals surface area contributed by atoms with Crippen LogP contribution >= 0.6 is 11.8 Å². The van der Waals surface area contributed by atoms with Crippen LogP contribution in [0, 0.1) is 0 Å². The van der Waals surface area contributed by atoms with E-state index in [1.54, 1.807) is 7.05 Å². The summed E-state index contributed by atoms with van der Waals surface area (Å²) in [5.41, 5.74) is 11.1. The third kappa shape index (κ3) is 14.5. The summed E-state index contributed by atoms with van der Waals surface area (Å²) in [6, 6.07) is -5.28. The molecule has 1 aliphatic rings. The van der Waals surface area contributed by atoms with Crippen LogP contribution in [0.2, 0.25) is 0 Å². The van der Waals surface area contributed by atoms with E-state index in [4.69, 9.17) is 11.5 Å². The molecule has 1 rings (SSSR count). The Morgan fingerprint density at radius 3 is 1.96 bits per heavy atom. The monoisotopic (exact) mass is 703 g/mol. The molecule has 7 amide bonds. The van der Waals surface area contributed by atoms with Gasteiger partial charge in [0.1, 0.15) is 24.2 Å². The van der Waals surface area contributed by atoms with Crippen molar-refractivity contribution >= 4 is 58.9 Å². The number of amides is 7. The lowest BCUT2D eigenvalue weighted by atomic mass is 10.1. The Balaban J connectivity index is 2.46. The fourth-order valence-corrected chi connectivity index (χ4v) is 5.53. The van der Waals surface area contributed by atoms with E-state index in [9.17, 15) is 48.9 Å². The second-order valence-corrected chi connectivity index (χ2v) is 12.1. The number of likely N-dealkylation sites (N-methyl/N-ethyl adjacent to an activating group) is 1. The van der Waals surface area contributed by atoms with Crippen LogP contribution in [-0.4, -0.2) is 150 Å². The minimum Gasteiger partial charge on any atom is -0.394 e. The molecule has 0 aromatic heterocycles. The quantitative estimate of drug-likeness (QED) is 0.0195. The molecule has 12 N–H and O–H groups in total. The molecule has 0 aromatic rings. The van der Waals surface area contributed by atoms with Crippen molar-refractivity contribution in [2.45, 2.75) is 74.4 Å². The highest BCUT2D eigenvalue weighted by Crippen LogP contribution is 2.26. The number of carbonyl (C=O) groups is 7. The van der Waals surface area contributed by atoms with Gasteiger partial charge in [0.25, 0.3) is 0 Å². The number of hydrogen-bond acceptors (Lipinski definition) is 13. The molecule has 1 aliphatic heterocycles. The van der Waals surface area contributed by atoms with Crippen molar-refractivity contribution in [1.29, 1.82) is 0 Å². The first-order chi connectivity index (χ1) is 22.8. The highest BCUT2D eigenvalue weighted by atomic mass is 32.2. The van der Waals surface area contributed by atoms with Gasteiger partial charge in [0.2, 0.25) is 41.4 Å². The lowest BCUT2D eigenvalue weighted by molar-refractivity contribution is -0.138. The molecule has 1 saturated heterocycles. The van der Waals surface area contributed by atoms with E-state index in [0.29, 0.717) is 30.9 Å². The van der Waals surface area contributed by atoms with Crippen molar-refractivity contribution in [1.82, 2.24) is 31.5 Å². The zero-order chi connectivity index (χ0) is 36.2. The van der Waals surface area contributed by atoms with Crippen LogP contribution in [-0.2, 0) is 33.6 Å². The van der Waals surface area contributed by atoms with Gasteiger partial charge < -0.3 is 53.4 Å². The number of nitrogens with two attached hydrogens (primary N) is 2. The second kappa shape index (κ2) is 22.7. The van der Waals surface area contributed by atoms with Crippen LogP contribution in [0.4, 0.5) is 0 Å². The van der Waals surface area contributed by atoms with E-state index in [2.05, 4.69) is 31.6 Å². The molecule has 0 spiro atoms. The average molecular weight is 704 g/mol. The molecule has 0 bridgehead atoms. The standard InChI is InChI=1S/C28H49N9O10S/c1-31-17(13-38)25(44)35-19(15-40)27(46)36-18(14-39)26(45)34-16(24(30)43)6-3-4-9-33-22(41)8-10-37-23(42)12-20(28(37)47)48-11-5-7-21(29)32-2/h16-20,31,38-40H,3-15H2,1-2H3,(H2,29,32)(H2,30,43)(H,33,41)(H,34,45)(H,35,44)(H,36,46)/t16-,17+,18+,19-,20?/m1/s1. The zero-order valence-corrected chi connectivity index (χ0v) is 28.1. The van der Waals surface area contributed by atoms with Gasteiger partial charge in [-0.3, -0.25) is 43.5 Å². The molecule has 5 atom stereocenters. The van der Waals surface area contributed by atoms with Gasteiger partial charge in [-0.1, -0.05) is 0 Å². The molecule has 0 saturated carbocycles. The predicted molar refractivity (Wildman–Crippen MR) is 175 cm³/mol. The fourth-order valence-electron chi connectivity index (χ4n) is 4.41. The zero-order valence-electron chi connectivity index (χ0n) is 27.2. The summed E-state index contributed by atoms with van der Waals surface area (Å²) in [5.74, 6) is -3.49. The number of imide groups is 1. The third-order valence-corrected chi connectivity index (χ3v) is 8.62. The number of rotatable bonds is 24. The van der Waals surface area contributed by atoms with Crippen LogP contribution in [0.15, 0.2) is 4.99 Å². The number of aliphatic hydroxyl groups excluding tert-OH is 3. The number of aliphatic imine (C=N–C) groups is 1. The van der Waals surface area contributed by atoms with Gasteiger partial charge in [-0.05, 0) is 38.5 Å². The second-order valence-electron chi connectivity index (χ2n) is 10.8. The van der Waals surface area contributed by atoms with Gasteiger partial charge in [-0.15, -0.1) is 11.8 Å². The summed E-state index contributed by atoms with van der Waals surface area (Å²) >= 11 is 1.38. The van der Waals surface area contributed by atoms with E-state index in [1.165, 1.54) is 18.8 Å². The van der Waals surface area contributed by atoms with Crippen LogP contribution < -0.4 is 38.1 Å². The number of likely N-dealkylation sites (tertiary alicyclic amines) is 1. The lowest BCUT2D eigenvalue weighted by Gasteiger charge is -2.24. The maximum Gasteiger partial charge on any atom is 0.245 e. The van der Waals surface area contributed by atoms with Crippen LogP contribution in [0.1, 0.15) is 44.9 Å². The fraction of sp³-hybridized carbons (Fsp3) is 0.714. The van der Waals surface area contributed by atoms with Crippen molar-refractivity contribution in [2.24, 2.45) is 16.5 Å². The van der Waals surface area contributed by atoms with Crippen LogP contribution in [0.3, 0.4) is 0 Å². The Morgan fingerprint density at radius 1 is 0.875 bits per heavy atom. The lowest BCUT2D eigenvalue weighted by Crippen LogP contribution is -2.59. The van der Waals surface area contributed by atoms with E-state index in [-0.39, 0.29) is 50.1 Å². The number of aliphatic hydroxyl groups is 3. The van der Waals surface area contributed by atoms with Gasteiger partial charge >= 0.3 is 0 Å². The number of amidine groups is 1. The minimum absolute atomic E-state index is 0.0428. The van der Waals surface area contributed by atoms with Crippen molar-refractivity contribution < 1.29 is 48.9 Å². The molecular formula is C28H49N9O10S. The molecule has 0 radical (unpaired) electrons. The molecule has 1 fully saturated rings. The van der Waals surface area contributed by atoms with Crippen molar-refractivity contribution in [3.8, 4) is 0 Å². The normalized spacial score (nSPS) is 17.3. The SMILES string of the molecule is CN=C(N)CCCSC1CC(=O)N(CCC(=O)NCCCC[C@@H](NC(=O)[C@H](CO)NC(=O)[C@@H](CO)NC(=O)[C@H](CO)NC)C(N)=O)C1=O. The summed E-state index contributed by atoms with van der Waals surface area (Å²) in [4.78, 5) is 91.4. The van der Waals surface area contributed by atoms with Gasteiger partial charge in [0, 0.05) is 39.4 Å². The molecular weight excluding hydrogens is 654 g/mol. The topological polar surface area (TPSA) is 308 Å². The molecule has 20 heteroatoms. The van der Waals surface area contributed by atoms with E-state index >= 15 is 0 Å². The average Bonchev–Trinajstić information content (AvgIpc) is 3.33. The maximum atomic E-state index is 12.7. The minimum atomic E-state index is -1.55. The summed E-state index contributed by atoms with van der Waals surface area (Å²) in [5, 5.41) is 39.8. The first kappa shape index (κ1) is 42.2. The third-order valence-electron chi connectivity index (χ3n) is 7.33. The predicted octanol–water partition coefficient (Wildman–Crippen LogP) is -5.20. The largest absolute Gasteiger partial charge is 0.394 e. The van der Waals surface area contributed by atoms with Gasteiger partial charge in [-0.25, -0.2) is 0 Å². The van der Waals surface area contributed by atoms with Crippen molar-refractivity contribution in [3.63, 3.8) is 0 Å². The van der Waals surface area contributed by atoms with Crippen LogP contribution in [0.25, 0.3) is 0 Å². The Morgan fingerprint density at radius 2 is 1.44 bits per heavy atom. The summed E-state index contributed by atoms with van der Waals surface area (Å²) in [7, 11) is 3.00. The number of nitrogens with zero attached hydrogens (tertiary/aromatic N) is 2. The number of hydrogen-bond donors (Lipinski definition) is 10. The summed E-state index contributed by atoms with van der Waals surface area (Å²) < 4.78 is 0. The number of carbonyl (C=O) groups excluding carboxylic acids is 7. The highest BCUT2D eigenvalue weighted by Gasteiger charge is 2.38. The van der Waals surface area contributed by atoms with Crippen LogP contribution in [0.5, 0.6) is 0 Å². The molecule has 19 nitrogen and oxygen atoms in total. The van der Waals surface area contributed by atoms with E-state index in [1.807, 2.05) is 0 Å². The Labute approximate surface area is 282 Å². The van der Waals surface area contributed by atoms with Gasteiger partial charge in [0.05, 0.1) is 30.9 Å². The number of unbranched alkanes of at least 4 members (excludes halogenated alkanes) is 1. The number of nitrogens with one attached hydrogen (secondary N) is 5. The Kier molecular flexibility index (Phi) is 19.9. The molecule has 1 unspecified atom stereocenters. The van der Waals surface area contributed by atoms with E-state index in [0.717, 1.165) is 11.3 Å². The summed E-state index contributed by atoms with van der Waals surface area (Å²) in [6.45, 7) is -2.15. The maximum absolute atomic E-state index is 12.7.